The molecule has 7 heteroatoms. The minimum Gasteiger partial charge on any atom is -0.480 e. The largest absolute Gasteiger partial charge is 0.480 e. The molecular formula is C12H22ClNO4S. The molecule has 1 atom stereocenters. The number of aliphatic carboxylic acids is 1. The summed E-state index contributed by atoms with van der Waals surface area (Å²) in [6, 6.07) is -1.03. The first kappa shape index (κ1) is 18.4. The van der Waals surface area contributed by atoms with Crippen molar-refractivity contribution in [3.05, 3.63) is 0 Å². The molecule has 0 aromatic heterocycles. The Morgan fingerprint density at radius 3 is 2.00 bits per heavy atom. The molecule has 19 heavy (non-hydrogen) atoms. The number of amides is 1. The minimum absolute atomic E-state index is 0.0907. The molecule has 0 heterocycles. The third-order valence-electron chi connectivity index (χ3n) is 2.13. The molecule has 1 N–H and O–H groups in total. The summed E-state index contributed by atoms with van der Waals surface area (Å²) in [6.07, 6.45) is -0.655. The van der Waals surface area contributed by atoms with Crippen LogP contribution in [0.3, 0.4) is 0 Å². The van der Waals surface area contributed by atoms with Gasteiger partial charge in [0.1, 0.15) is 11.6 Å². The molecule has 0 saturated carbocycles. The van der Waals surface area contributed by atoms with Crippen LogP contribution in [0.4, 0.5) is 4.79 Å². The van der Waals surface area contributed by atoms with E-state index in [0.717, 1.165) is 11.0 Å². The van der Waals surface area contributed by atoms with E-state index in [0.29, 0.717) is 0 Å². The Bertz CT molecular complexity index is 336. The van der Waals surface area contributed by atoms with Gasteiger partial charge in [0.2, 0.25) is 0 Å². The predicted octanol–water partition coefficient (Wildman–Crippen LogP) is 3.36. The van der Waals surface area contributed by atoms with Gasteiger partial charge in [0.05, 0.1) is 0 Å². The highest BCUT2D eigenvalue weighted by Gasteiger charge is 2.39. The number of nitrogens with zero attached hydrogens (tertiary/aromatic N) is 1. The molecule has 0 fully saturated rings. The van der Waals surface area contributed by atoms with Crippen LogP contribution in [0.15, 0.2) is 0 Å². The minimum atomic E-state index is -1.10. The van der Waals surface area contributed by atoms with Crippen molar-refractivity contribution < 1.29 is 19.4 Å². The van der Waals surface area contributed by atoms with Gasteiger partial charge in [-0.2, -0.15) is 0 Å². The van der Waals surface area contributed by atoms with E-state index in [-0.39, 0.29) is 5.75 Å². The smallest absolute Gasteiger partial charge is 0.411 e. The van der Waals surface area contributed by atoms with Gasteiger partial charge in [-0.3, -0.25) is 4.90 Å². The number of hydrogen-bond donors (Lipinski definition) is 1. The number of hydrogen-bond acceptors (Lipinski definition) is 4. The van der Waals surface area contributed by atoms with E-state index in [1.54, 1.807) is 41.5 Å². The number of carboxylic acids is 1. The van der Waals surface area contributed by atoms with Gasteiger partial charge in [-0.05, 0) is 52.2 Å². The predicted molar refractivity (Wildman–Crippen MR) is 77.6 cm³/mol. The standard InChI is InChI=1S/C12H22ClNO4S/c1-11(2,3)14(8(7-19-13)9(15)16)10(17)18-12(4,5)6/h8H,7H2,1-6H3,(H,15,16). The Kier molecular flexibility index (Phi) is 6.48. The van der Waals surface area contributed by atoms with E-state index in [1.165, 1.54) is 4.90 Å². The number of ether oxygens (including phenoxy) is 1. The van der Waals surface area contributed by atoms with Crippen LogP contribution in [-0.4, -0.2) is 45.0 Å². The molecule has 0 saturated heterocycles. The van der Waals surface area contributed by atoms with Crippen LogP contribution in [0.1, 0.15) is 41.5 Å². The number of carbonyl (C=O) groups is 2. The van der Waals surface area contributed by atoms with Crippen LogP contribution < -0.4 is 0 Å². The van der Waals surface area contributed by atoms with E-state index < -0.39 is 29.2 Å². The number of carbonyl (C=O) groups excluding carboxylic acids is 1. The molecule has 0 aromatic carbocycles. The van der Waals surface area contributed by atoms with E-state index in [1.807, 2.05) is 0 Å². The molecule has 0 aliphatic heterocycles. The fourth-order valence-corrected chi connectivity index (χ4v) is 2.26. The lowest BCUT2D eigenvalue weighted by molar-refractivity contribution is -0.144. The van der Waals surface area contributed by atoms with Gasteiger partial charge < -0.3 is 9.84 Å². The fourth-order valence-electron chi connectivity index (χ4n) is 1.50. The van der Waals surface area contributed by atoms with Crippen LogP contribution in [-0.2, 0) is 9.53 Å². The number of rotatable bonds is 4. The van der Waals surface area contributed by atoms with Gasteiger partial charge in [0, 0.05) is 11.3 Å². The van der Waals surface area contributed by atoms with Crippen LogP contribution in [0.5, 0.6) is 0 Å². The summed E-state index contributed by atoms with van der Waals surface area (Å²) in [5, 5.41) is 9.26. The third kappa shape index (κ3) is 6.38. The first-order chi connectivity index (χ1) is 8.40. The molecule has 0 aromatic rings. The highest BCUT2D eigenvalue weighted by molar-refractivity contribution is 8.21. The van der Waals surface area contributed by atoms with Gasteiger partial charge >= 0.3 is 12.1 Å². The van der Waals surface area contributed by atoms with E-state index in [4.69, 9.17) is 15.4 Å². The molecule has 0 bridgehead atoms. The Labute approximate surface area is 123 Å². The maximum absolute atomic E-state index is 12.2. The van der Waals surface area contributed by atoms with Crippen molar-refractivity contribution in [1.29, 1.82) is 0 Å². The highest BCUT2D eigenvalue weighted by Crippen LogP contribution is 2.24. The van der Waals surface area contributed by atoms with Crippen molar-refractivity contribution in [3.8, 4) is 0 Å². The van der Waals surface area contributed by atoms with Gasteiger partial charge in [0.15, 0.2) is 0 Å². The van der Waals surface area contributed by atoms with Crippen molar-refractivity contribution in [1.82, 2.24) is 4.90 Å². The van der Waals surface area contributed by atoms with Crippen LogP contribution in [0.2, 0.25) is 0 Å². The SMILES string of the molecule is CC(C)(C)OC(=O)N(C(CSCl)C(=O)O)C(C)(C)C. The zero-order chi connectivity index (χ0) is 15.4. The summed E-state index contributed by atoms with van der Waals surface area (Å²) in [5.74, 6) is -1.01. The van der Waals surface area contributed by atoms with Gasteiger partial charge in [0.25, 0.3) is 0 Å². The van der Waals surface area contributed by atoms with Crippen LogP contribution >= 0.6 is 21.7 Å². The summed E-state index contributed by atoms with van der Waals surface area (Å²) >= 11 is 0. The maximum Gasteiger partial charge on any atom is 0.411 e. The Morgan fingerprint density at radius 2 is 1.74 bits per heavy atom. The second kappa shape index (κ2) is 6.70. The molecule has 0 spiro atoms. The quantitative estimate of drug-likeness (QED) is 0.862. The summed E-state index contributed by atoms with van der Waals surface area (Å²) < 4.78 is 5.28. The summed E-state index contributed by atoms with van der Waals surface area (Å²) in [4.78, 5) is 24.8. The Hall–Kier alpha value is -0.620. The second-order valence-electron chi connectivity index (χ2n) is 6.15. The molecule has 0 aliphatic rings. The molecule has 0 aliphatic carbocycles. The van der Waals surface area contributed by atoms with Crippen LogP contribution in [0, 0.1) is 0 Å². The topological polar surface area (TPSA) is 66.8 Å². The lowest BCUT2D eigenvalue weighted by Gasteiger charge is -2.40. The van der Waals surface area contributed by atoms with Gasteiger partial charge in [-0.15, -0.1) is 0 Å². The first-order valence-corrected chi connectivity index (χ1v) is 7.70. The number of carboxylic acid groups (broad SMARTS) is 1. The average Bonchev–Trinajstić information content (AvgIpc) is 2.11. The fraction of sp³-hybridized carbons (Fsp3) is 0.833. The summed E-state index contributed by atoms with van der Waals surface area (Å²) in [5.41, 5.74) is -1.37. The van der Waals surface area contributed by atoms with Crippen molar-refractivity contribution >= 4 is 33.7 Å². The second-order valence-corrected chi connectivity index (χ2v) is 7.36. The van der Waals surface area contributed by atoms with Crippen molar-refractivity contribution in [2.24, 2.45) is 0 Å². The first-order valence-electron chi connectivity index (χ1n) is 5.89. The molecule has 0 rings (SSSR count). The monoisotopic (exact) mass is 311 g/mol. The lowest BCUT2D eigenvalue weighted by Crippen LogP contribution is -2.56. The third-order valence-corrected chi connectivity index (χ3v) is 2.95. The Balaban J connectivity index is 5.32. The van der Waals surface area contributed by atoms with Crippen molar-refractivity contribution in [2.45, 2.75) is 58.7 Å². The van der Waals surface area contributed by atoms with Gasteiger partial charge in [-0.1, -0.05) is 11.0 Å². The zero-order valence-electron chi connectivity index (χ0n) is 12.2. The molecule has 1 unspecified atom stereocenters. The van der Waals surface area contributed by atoms with E-state index >= 15 is 0 Å². The zero-order valence-corrected chi connectivity index (χ0v) is 13.8. The number of halogens is 1. The Morgan fingerprint density at radius 1 is 1.26 bits per heavy atom. The molecule has 112 valence electrons. The molecule has 5 nitrogen and oxygen atoms in total. The molecule has 1 amide bonds. The maximum atomic E-state index is 12.2. The highest BCUT2D eigenvalue weighted by atomic mass is 35.7. The summed E-state index contributed by atoms with van der Waals surface area (Å²) in [7, 11) is 6.41. The average molecular weight is 312 g/mol. The van der Waals surface area contributed by atoms with Gasteiger partial charge in [-0.25, -0.2) is 9.59 Å². The lowest BCUT2D eigenvalue weighted by atomic mass is 10.0. The van der Waals surface area contributed by atoms with Crippen molar-refractivity contribution in [2.75, 3.05) is 5.75 Å². The molecular weight excluding hydrogens is 290 g/mol. The molecule has 0 radical (unpaired) electrons. The van der Waals surface area contributed by atoms with Crippen LogP contribution in [0.25, 0.3) is 0 Å². The summed E-state index contributed by atoms with van der Waals surface area (Å²) in [6.45, 7) is 10.5. The van der Waals surface area contributed by atoms with Crippen molar-refractivity contribution in [3.63, 3.8) is 0 Å². The van der Waals surface area contributed by atoms with E-state index in [2.05, 4.69) is 0 Å². The normalized spacial score (nSPS) is 13.8. The van der Waals surface area contributed by atoms with E-state index in [9.17, 15) is 14.7 Å².